The lowest BCUT2D eigenvalue weighted by Crippen LogP contribution is -2.40. The third kappa shape index (κ3) is 4.06. The van der Waals surface area contributed by atoms with E-state index in [1.54, 1.807) is 0 Å². The molecule has 0 saturated carbocycles. The Bertz CT molecular complexity index is 907. The van der Waals surface area contributed by atoms with E-state index in [0.717, 1.165) is 5.82 Å². The van der Waals surface area contributed by atoms with Gasteiger partial charge in [-0.1, -0.05) is 71.6 Å². The zero-order chi connectivity index (χ0) is 19.8. The Morgan fingerprint density at radius 1 is 0.926 bits per heavy atom. The molecule has 0 radical (unpaired) electrons. The number of para-hydroxylation sites is 1. The summed E-state index contributed by atoms with van der Waals surface area (Å²) in [5.41, 5.74) is 3.95. The van der Waals surface area contributed by atoms with Crippen molar-refractivity contribution in [3.63, 3.8) is 0 Å². The maximum atomic E-state index is 4.92. The lowest BCUT2D eigenvalue weighted by molar-refractivity contribution is -0.600. The topological polar surface area (TPSA) is 21.7 Å². The lowest BCUT2D eigenvalue weighted by atomic mass is 9.92. The fourth-order valence-corrected chi connectivity index (χ4v) is 4.38. The van der Waals surface area contributed by atoms with Gasteiger partial charge in [-0.15, -0.1) is 0 Å². The van der Waals surface area contributed by atoms with Gasteiger partial charge in [0.05, 0.1) is 5.69 Å². The second-order valence-corrected chi connectivity index (χ2v) is 13.9. The Labute approximate surface area is 164 Å². The predicted octanol–water partition coefficient (Wildman–Crippen LogP) is 4.74. The van der Waals surface area contributed by atoms with Gasteiger partial charge in [-0.05, 0) is 35.1 Å². The van der Waals surface area contributed by atoms with Crippen molar-refractivity contribution >= 4 is 13.4 Å². The SMILES string of the molecule is CC(C)c1cccc(C(C)C)c1-[n+]1[c-]n(-c2cccc([Si](C)(C)C)n2)cc1. The molecule has 27 heavy (non-hydrogen) atoms. The summed E-state index contributed by atoms with van der Waals surface area (Å²) in [7, 11) is -1.45. The van der Waals surface area contributed by atoms with Gasteiger partial charge in [-0.2, -0.15) is 0 Å². The van der Waals surface area contributed by atoms with E-state index in [0.29, 0.717) is 11.8 Å². The summed E-state index contributed by atoms with van der Waals surface area (Å²) in [6, 6.07) is 12.9. The van der Waals surface area contributed by atoms with Crippen molar-refractivity contribution < 1.29 is 4.57 Å². The van der Waals surface area contributed by atoms with Crippen molar-refractivity contribution in [3.8, 4) is 11.5 Å². The van der Waals surface area contributed by atoms with Crippen LogP contribution in [0.3, 0.4) is 0 Å². The molecule has 3 rings (SSSR count). The Morgan fingerprint density at radius 2 is 1.52 bits per heavy atom. The monoisotopic (exact) mass is 377 g/mol. The second-order valence-electron chi connectivity index (χ2n) is 8.86. The first-order chi connectivity index (χ1) is 12.7. The average molecular weight is 378 g/mol. The highest BCUT2D eigenvalue weighted by molar-refractivity contribution is 6.88. The fraction of sp³-hybridized carbons (Fsp3) is 0.391. The summed E-state index contributed by atoms with van der Waals surface area (Å²) in [6.07, 6.45) is 7.65. The first kappa shape index (κ1) is 19.6. The van der Waals surface area contributed by atoms with Gasteiger partial charge in [0.25, 0.3) is 6.33 Å². The molecule has 2 heterocycles. The van der Waals surface area contributed by atoms with E-state index in [9.17, 15) is 0 Å². The molecule has 0 saturated heterocycles. The molecule has 0 amide bonds. The molecule has 3 nitrogen and oxygen atoms in total. The quantitative estimate of drug-likeness (QED) is 0.357. The Balaban J connectivity index is 2.10. The number of imidazole rings is 1. The molecular weight excluding hydrogens is 346 g/mol. The fourth-order valence-electron chi connectivity index (χ4n) is 3.33. The molecule has 0 fully saturated rings. The van der Waals surface area contributed by atoms with Crippen LogP contribution in [-0.4, -0.2) is 17.6 Å². The summed E-state index contributed by atoms with van der Waals surface area (Å²) in [5, 5.41) is 1.22. The van der Waals surface area contributed by atoms with Crippen molar-refractivity contribution in [2.45, 2.75) is 59.2 Å². The van der Waals surface area contributed by atoms with Gasteiger partial charge in [0.1, 0.15) is 8.07 Å². The molecule has 0 aliphatic rings. The van der Waals surface area contributed by atoms with E-state index in [4.69, 9.17) is 4.98 Å². The van der Waals surface area contributed by atoms with E-state index in [1.165, 1.54) is 22.1 Å². The first-order valence-electron chi connectivity index (χ1n) is 9.82. The minimum Gasteiger partial charge on any atom is -0.298 e. The molecule has 1 aromatic carbocycles. The summed E-state index contributed by atoms with van der Waals surface area (Å²) in [4.78, 5) is 4.92. The normalized spacial score (nSPS) is 12.2. The Hall–Kier alpha value is -2.20. The molecule has 0 aliphatic carbocycles. The number of hydrogen-bond acceptors (Lipinski definition) is 1. The third-order valence-corrected chi connectivity index (χ3v) is 6.73. The molecule has 2 aromatic heterocycles. The number of aromatic nitrogens is 3. The van der Waals surface area contributed by atoms with Gasteiger partial charge in [-0.25, -0.2) is 0 Å². The minimum absolute atomic E-state index is 0.455. The molecule has 0 aliphatic heterocycles. The van der Waals surface area contributed by atoms with E-state index in [1.807, 2.05) is 4.57 Å². The van der Waals surface area contributed by atoms with Crippen LogP contribution in [0.15, 0.2) is 48.8 Å². The zero-order valence-electron chi connectivity index (χ0n) is 17.6. The molecular formula is C23H31N3Si. The molecule has 0 unspecified atom stereocenters. The van der Waals surface area contributed by atoms with Crippen molar-refractivity contribution in [3.05, 3.63) is 66.2 Å². The largest absolute Gasteiger partial charge is 0.298 e. The highest BCUT2D eigenvalue weighted by atomic mass is 28.3. The molecule has 3 aromatic rings. The van der Waals surface area contributed by atoms with Crippen LogP contribution >= 0.6 is 0 Å². The number of pyridine rings is 1. The minimum atomic E-state index is -1.45. The van der Waals surface area contributed by atoms with E-state index >= 15 is 0 Å². The van der Waals surface area contributed by atoms with Crippen LogP contribution in [0.4, 0.5) is 0 Å². The van der Waals surface area contributed by atoms with Crippen molar-refractivity contribution in [2.24, 2.45) is 0 Å². The molecule has 0 N–H and O–H groups in total. The van der Waals surface area contributed by atoms with Crippen LogP contribution in [0.25, 0.3) is 11.5 Å². The van der Waals surface area contributed by atoms with Crippen LogP contribution in [0, 0.1) is 6.33 Å². The highest BCUT2D eigenvalue weighted by Crippen LogP contribution is 2.27. The molecule has 4 heteroatoms. The van der Waals surface area contributed by atoms with Gasteiger partial charge >= 0.3 is 0 Å². The Morgan fingerprint density at radius 3 is 2.07 bits per heavy atom. The third-order valence-electron chi connectivity index (χ3n) is 4.91. The average Bonchev–Trinajstić information content (AvgIpc) is 3.10. The predicted molar refractivity (Wildman–Crippen MR) is 115 cm³/mol. The van der Waals surface area contributed by atoms with Crippen LogP contribution in [0.5, 0.6) is 0 Å². The number of benzene rings is 1. The number of nitrogens with zero attached hydrogens (tertiary/aromatic N) is 3. The lowest BCUT2D eigenvalue weighted by Gasteiger charge is -2.19. The maximum absolute atomic E-state index is 4.92. The van der Waals surface area contributed by atoms with Gasteiger partial charge < -0.3 is 0 Å². The molecule has 0 bridgehead atoms. The Kier molecular flexibility index (Phi) is 5.38. The van der Waals surface area contributed by atoms with Crippen molar-refractivity contribution in [2.75, 3.05) is 0 Å². The number of rotatable bonds is 5. The molecule has 0 atom stereocenters. The zero-order valence-corrected chi connectivity index (χ0v) is 18.6. The van der Waals surface area contributed by atoms with Crippen LogP contribution < -0.4 is 9.88 Å². The summed E-state index contributed by atoms with van der Waals surface area (Å²) < 4.78 is 4.14. The van der Waals surface area contributed by atoms with E-state index < -0.39 is 8.07 Å². The molecule has 142 valence electrons. The second kappa shape index (κ2) is 7.43. The highest BCUT2D eigenvalue weighted by Gasteiger charge is 2.19. The first-order valence-corrected chi connectivity index (χ1v) is 13.3. The van der Waals surface area contributed by atoms with Crippen LogP contribution in [-0.2, 0) is 0 Å². The van der Waals surface area contributed by atoms with Gasteiger partial charge in [0, 0.05) is 17.7 Å². The summed E-state index contributed by atoms with van der Waals surface area (Å²) in [6.45, 7) is 16.0. The van der Waals surface area contributed by atoms with Crippen LogP contribution in [0.2, 0.25) is 19.6 Å². The maximum Gasteiger partial charge on any atom is 0.270 e. The van der Waals surface area contributed by atoms with Crippen molar-refractivity contribution in [1.82, 2.24) is 9.55 Å². The van der Waals surface area contributed by atoms with Gasteiger partial charge in [0.2, 0.25) is 0 Å². The van der Waals surface area contributed by atoms with Gasteiger partial charge in [-0.3, -0.25) is 14.1 Å². The van der Waals surface area contributed by atoms with E-state index in [2.05, 4.69) is 107 Å². The smallest absolute Gasteiger partial charge is 0.270 e. The molecule has 0 spiro atoms. The van der Waals surface area contributed by atoms with Crippen molar-refractivity contribution in [1.29, 1.82) is 0 Å². The summed E-state index contributed by atoms with van der Waals surface area (Å²) >= 11 is 0. The van der Waals surface area contributed by atoms with Crippen LogP contribution in [0.1, 0.15) is 50.7 Å². The van der Waals surface area contributed by atoms with E-state index in [-0.39, 0.29) is 0 Å². The standard InChI is InChI=1S/C23H31N3Si/c1-17(2)19-10-8-11-20(18(3)4)23(19)26-15-14-25(16-26)21-12-9-13-22(24-21)27(5,6)7/h8-15,17-18H,1-7H3. The van der Waals surface area contributed by atoms with Gasteiger partial charge in [0.15, 0.2) is 5.82 Å². The summed E-state index contributed by atoms with van der Waals surface area (Å²) in [5.74, 6) is 1.84. The number of hydrogen-bond donors (Lipinski definition) is 0.